The summed E-state index contributed by atoms with van der Waals surface area (Å²) in [5.74, 6) is -0.730. The van der Waals surface area contributed by atoms with Crippen molar-refractivity contribution in [1.29, 1.82) is 0 Å². The van der Waals surface area contributed by atoms with Gasteiger partial charge in [-0.1, -0.05) is 29.3 Å². The van der Waals surface area contributed by atoms with Crippen LogP contribution >= 0.6 is 23.2 Å². The number of carbonyl (C=O) groups excluding carboxylic acids is 2. The summed E-state index contributed by atoms with van der Waals surface area (Å²) in [5.41, 5.74) is 0.187. The van der Waals surface area contributed by atoms with Crippen LogP contribution < -0.4 is 16.2 Å². The van der Waals surface area contributed by atoms with Gasteiger partial charge in [0.1, 0.15) is 11.6 Å². The summed E-state index contributed by atoms with van der Waals surface area (Å²) in [7, 11) is 0. The summed E-state index contributed by atoms with van der Waals surface area (Å²) in [4.78, 5) is 35.7. The lowest BCUT2D eigenvalue weighted by Gasteiger charge is -2.09. The fourth-order valence-electron chi connectivity index (χ4n) is 1.89. The minimum absolute atomic E-state index is 0.0213. The first kappa shape index (κ1) is 18.0. The summed E-state index contributed by atoms with van der Waals surface area (Å²) in [6, 6.07) is 6.44. The molecule has 0 fully saturated rings. The van der Waals surface area contributed by atoms with E-state index in [-0.39, 0.29) is 22.5 Å². The van der Waals surface area contributed by atoms with Crippen molar-refractivity contribution in [3.8, 4) is 0 Å². The average molecular weight is 369 g/mol. The van der Waals surface area contributed by atoms with Gasteiger partial charge in [-0.05, 0) is 25.1 Å². The van der Waals surface area contributed by atoms with E-state index >= 15 is 0 Å². The van der Waals surface area contributed by atoms with Crippen LogP contribution in [0.1, 0.15) is 17.3 Å². The third kappa shape index (κ3) is 4.33. The number of amides is 2. The highest BCUT2D eigenvalue weighted by atomic mass is 35.5. The molecule has 0 spiro atoms. The summed E-state index contributed by atoms with van der Waals surface area (Å²) in [5, 5.41) is 8.84. The Kier molecular flexibility index (Phi) is 5.94. The zero-order chi connectivity index (χ0) is 17.7. The van der Waals surface area contributed by atoms with Crippen molar-refractivity contribution in [2.24, 2.45) is 0 Å². The molecule has 24 heavy (non-hydrogen) atoms. The fraction of sp³-hybridized carbons (Fsp3) is 0.200. The molecular weight excluding hydrogens is 355 g/mol. The van der Waals surface area contributed by atoms with E-state index in [1.165, 1.54) is 12.3 Å². The van der Waals surface area contributed by atoms with Crippen LogP contribution in [-0.4, -0.2) is 28.1 Å². The van der Waals surface area contributed by atoms with Crippen molar-refractivity contribution < 1.29 is 9.59 Å². The first-order chi connectivity index (χ1) is 11.4. The zero-order valence-electron chi connectivity index (χ0n) is 12.7. The zero-order valence-corrected chi connectivity index (χ0v) is 14.2. The van der Waals surface area contributed by atoms with Crippen molar-refractivity contribution in [2.45, 2.75) is 13.5 Å². The van der Waals surface area contributed by atoms with Crippen LogP contribution in [0.25, 0.3) is 0 Å². The molecule has 0 saturated heterocycles. The van der Waals surface area contributed by atoms with Gasteiger partial charge in [0.05, 0.1) is 11.2 Å². The third-order valence-electron chi connectivity index (χ3n) is 2.98. The number of benzene rings is 1. The number of hydrogen-bond acceptors (Lipinski definition) is 4. The minimum Gasteiger partial charge on any atom is -0.352 e. The molecule has 0 aliphatic rings. The second kappa shape index (κ2) is 7.94. The normalized spacial score (nSPS) is 10.3. The van der Waals surface area contributed by atoms with E-state index in [1.54, 1.807) is 18.2 Å². The fourth-order valence-corrected chi connectivity index (χ4v) is 2.17. The molecule has 0 radical (unpaired) electrons. The molecule has 1 heterocycles. The van der Waals surface area contributed by atoms with Gasteiger partial charge in [-0.2, -0.15) is 5.10 Å². The number of hydrogen-bond donors (Lipinski definition) is 2. The van der Waals surface area contributed by atoms with Crippen LogP contribution in [0.3, 0.4) is 0 Å². The Balaban J connectivity index is 2.11. The first-order valence-electron chi connectivity index (χ1n) is 7.01. The van der Waals surface area contributed by atoms with Gasteiger partial charge in [-0.15, -0.1) is 0 Å². The van der Waals surface area contributed by atoms with E-state index in [2.05, 4.69) is 15.7 Å². The van der Waals surface area contributed by atoms with E-state index in [0.717, 1.165) is 4.68 Å². The average Bonchev–Trinajstić information content (AvgIpc) is 2.56. The molecule has 2 amide bonds. The van der Waals surface area contributed by atoms with Crippen molar-refractivity contribution in [3.05, 3.63) is 56.4 Å². The van der Waals surface area contributed by atoms with Crippen LogP contribution in [0, 0.1) is 0 Å². The second-order valence-corrected chi connectivity index (χ2v) is 5.54. The largest absolute Gasteiger partial charge is 0.352 e. The van der Waals surface area contributed by atoms with Gasteiger partial charge in [0, 0.05) is 17.8 Å². The Morgan fingerprint density at radius 1 is 1.29 bits per heavy atom. The SMILES string of the molecule is CCNC(=O)c1cccc(NC(=O)Cn2ncc(Cl)c(Cl)c2=O)c1. The van der Waals surface area contributed by atoms with E-state index in [0.29, 0.717) is 17.8 Å². The molecular formula is C15H14Cl2N4O3. The number of anilines is 1. The van der Waals surface area contributed by atoms with Gasteiger partial charge in [0.25, 0.3) is 11.5 Å². The van der Waals surface area contributed by atoms with Crippen molar-refractivity contribution in [1.82, 2.24) is 15.1 Å². The number of nitrogens with one attached hydrogen (secondary N) is 2. The van der Waals surface area contributed by atoms with E-state index < -0.39 is 11.5 Å². The molecule has 0 aliphatic heterocycles. The highest BCUT2D eigenvalue weighted by Gasteiger charge is 2.12. The topological polar surface area (TPSA) is 93.1 Å². The molecule has 0 bridgehead atoms. The summed E-state index contributed by atoms with van der Waals surface area (Å²) in [6.07, 6.45) is 1.19. The Morgan fingerprint density at radius 3 is 2.75 bits per heavy atom. The Hall–Kier alpha value is -2.38. The predicted molar refractivity (Wildman–Crippen MR) is 91.6 cm³/mol. The lowest BCUT2D eigenvalue weighted by atomic mass is 10.2. The lowest BCUT2D eigenvalue weighted by Crippen LogP contribution is -2.30. The highest BCUT2D eigenvalue weighted by molar-refractivity contribution is 6.41. The molecule has 0 saturated carbocycles. The van der Waals surface area contributed by atoms with Crippen molar-refractivity contribution in [2.75, 3.05) is 11.9 Å². The van der Waals surface area contributed by atoms with Gasteiger partial charge >= 0.3 is 0 Å². The Labute approximate surface area is 147 Å². The molecule has 7 nitrogen and oxygen atoms in total. The quantitative estimate of drug-likeness (QED) is 0.843. The molecule has 0 atom stereocenters. The summed E-state index contributed by atoms with van der Waals surface area (Å²) in [6.45, 7) is 1.98. The van der Waals surface area contributed by atoms with Gasteiger partial charge in [-0.3, -0.25) is 14.4 Å². The van der Waals surface area contributed by atoms with Crippen molar-refractivity contribution in [3.63, 3.8) is 0 Å². The Bertz CT molecular complexity index is 836. The van der Waals surface area contributed by atoms with E-state index in [4.69, 9.17) is 23.2 Å². The van der Waals surface area contributed by atoms with Gasteiger partial charge < -0.3 is 10.6 Å². The Morgan fingerprint density at radius 2 is 2.04 bits per heavy atom. The molecule has 2 rings (SSSR count). The van der Waals surface area contributed by atoms with Gasteiger partial charge in [0.2, 0.25) is 5.91 Å². The number of halogens is 2. The summed E-state index contributed by atoms with van der Waals surface area (Å²) < 4.78 is 0.900. The monoisotopic (exact) mass is 368 g/mol. The highest BCUT2D eigenvalue weighted by Crippen LogP contribution is 2.14. The molecule has 0 aliphatic carbocycles. The van der Waals surface area contributed by atoms with Crippen molar-refractivity contribution >= 4 is 40.7 Å². The lowest BCUT2D eigenvalue weighted by molar-refractivity contribution is -0.117. The second-order valence-electron chi connectivity index (χ2n) is 4.76. The molecule has 1 aromatic heterocycles. The number of rotatable bonds is 5. The molecule has 1 aromatic carbocycles. The molecule has 126 valence electrons. The van der Waals surface area contributed by atoms with Gasteiger partial charge in [0.15, 0.2) is 0 Å². The van der Waals surface area contributed by atoms with Crippen LogP contribution in [0.4, 0.5) is 5.69 Å². The van der Waals surface area contributed by atoms with E-state index in [9.17, 15) is 14.4 Å². The smallest absolute Gasteiger partial charge is 0.287 e. The standard InChI is InChI=1S/C15H14Cl2N4O3/c1-2-18-14(23)9-4-3-5-10(6-9)20-12(22)8-21-15(24)13(17)11(16)7-19-21/h3-7H,2,8H2,1H3,(H,18,23)(H,20,22). The van der Waals surface area contributed by atoms with E-state index in [1.807, 2.05) is 6.92 Å². The molecule has 2 N–H and O–H groups in total. The van der Waals surface area contributed by atoms with Crippen LogP contribution in [0.5, 0.6) is 0 Å². The molecule has 2 aromatic rings. The minimum atomic E-state index is -0.657. The van der Waals surface area contributed by atoms with Crippen LogP contribution in [-0.2, 0) is 11.3 Å². The number of nitrogens with zero attached hydrogens (tertiary/aromatic N) is 2. The maximum Gasteiger partial charge on any atom is 0.287 e. The molecule has 0 unspecified atom stereocenters. The molecule has 9 heteroatoms. The third-order valence-corrected chi connectivity index (χ3v) is 3.73. The first-order valence-corrected chi connectivity index (χ1v) is 7.77. The van der Waals surface area contributed by atoms with Crippen LogP contribution in [0.2, 0.25) is 10.0 Å². The van der Waals surface area contributed by atoms with Gasteiger partial charge in [-0.25, -0.2) is 4.68 Å². The number of aromatic nitrogens is 2. The van der Waals surface area contributed by atoms with Crippen LogP contribution in [0.15, 0.2) is 35.3 Å². The number of carbonyl (C=O) groups is 2. The maximum absolute atomic E-state index is 12.0. The predicted octanol–water partition coefficient (Wildman–Crippen LogP) is 1.94. The maximum atomic E-state index is 12.0. The summed E-state index contributed by atoms with van der Waals surface area (Å²) >= 11 is 11.4.